The maximum Gasteiger partial charge on any atom is 0.320 e. The van der Waals surface area contributed by atoms with Gasteiger partial charge in [-0.15, -0.1) is 0 Å². The molecule has 1 atom stereocenters. The summed E-state index contributed by atoms with van der Waals surface area (Å²) in [6.45, 7) is 2.10. The summed E-state index contributed by atoms with van der Waals surface area (Å²) in [5.41, 5.74) is 0.861. The number of aliphatic carboxylic acids is 1. The number of rotatable bonds is 5. The molecule has 0 saturated carbocycles. The van der Waals surface area contributed by atoms with Gasteiger partial charge in [-0.1, -0.05) is 12.1 Å². The van der Waals surface area contributed by atoms with E-state index in [4.69, 9.17) is 5.11 Å². The van der Waals surface area contributed by atoms with Gasteiger partial charge in [-0.05, 0) is 37.6 Å². The molecule has 1 aromatic carbocycles. The predicted molar refractivity (Wildman–Crippen MR) is 55.2 cm³/mol. The Morgan fingerprint density at radius 2 is 2.33 bits per heavy atom. The monoisotopic (exact) mass is 211 g/mol. The molecular formula is C11H14FNO2. The minimum atomic E-state index is -0.880. The van der Waals surface area contributed by atoms with Crippen LogP contribution in [0.25, 0.3) is 0 Å². The average molecular weight is 211 g/mol. The van der Waals surface area contributed by atoms with Crippen molar-refractivity contribution in [1.82, 2.24) is 5.32 Å². The molecule has 0 bridgehead atoms. The fraction of sp³-hybridized carbons (Fsp3) is 0.364. The Morgan fingerprint density at radius 3 is 2.93 bits per heavy atom. The zero-order chi connectivity index (χ0) is 11.3. The Kier molecular flexibility index (Phi) is 4.24. The number of carboxylic acids is 1. The number of benzene rings is 1. The number of hydrogen-bond donors (Lipinski definition) is 2. The number of nitrogens with one attached hydrogen (secondary N) is 1. The maximum atomic E-state index is 12.8. The van der Waals surface area contributed by atoms with E-state index in [1.165, 1.54) is 12.1 Å². The van der Waals surface area contributed by atoms with Gasteiger partial charge in [0.25, 0.3) is 0 Å². The van der Waals surface area contributed by atoms with Gasteiger partial charge in [0.2, 0.25) is 0 Å². The first-order valence-electron chi connectivity index (χ1n) is 4.80. The summed E-state index contributed by atoms with van der Waals surface area (Å²) in [7, 11) is 0. The quantitative estimate of drug-likeness (QED) is 0.774. The van der Waals surface area contributed by atoms with Gasteiger partial charge >= 0.3 is 5.97 Å². The zero-order valence-electron chi connectivity index (χ0n) is 8.53. The van der Waals surface area contributed by atoms with Gasteiger partial charge in [-0.25, -0.2) is 4.39 Å². The molecular weight excluding hydrogens is 197 g/mol. The lowest BCUT2D eigenvalue weighted by molar-refractivity contribution is -0.138. The van der Waals surface area contributed by atoms with Gasteiger partial charge in [-0.3, -0.25) is 4.79 Å². The number of halogens is 1. The summed E-state index contributed by atoms with van der Waals surface area (Å²) < 4.78 is 12.8. The second-order valence-electron chi connectivity index (χ2n) is 3.39. The smallest absolute Gasteiger partial charge is 0.320 e. The normalized spacial score (nSPS) is 12.4. The molecule has 0 fully saturated rings. The van der Waals surface area contributed by atoms with Crippen LogP contribution in [0.2, 0.25) is 0 Å². The third kappa shape index (κ3) is 4.08. The molecule has 1 rings (SSSR count). The lowest BCUT2D eigenvalue weighted by Gasteiger charge is -2.08. The van der Waals surface area contributed by atoms with E-state index in [9.17, 15) is 9.18 Å². The van der Waals surface area contributed by atoms with Crippen molar-refractivity contribution in [1.29, 1.82) is 0 Å². The van der Waals surface area contributed by atoms with E-state index in [1.807, 2.05) is 6.07 Å². The summed E-state index contributed by atoms with van der Waals surface area (Å²) in [4.78, 5) is 10.5. The molecule has 0 aliphatic heterocycles. The van der Waals surface area contributed by atoms with Gasteiger partial charge in [-0.2, -0.15) is 0 Å². The minimum Gasteiger partial charge on any atom is -0.480 e. The van der Waals surface area contributed by atoms with Crippen LogP contribution in [0.15, 0.2) is 24.3 Å². The second kappa shape index (κ2) is 5.46. The Hall–Kier alpha value is -1.42. The second-order valence-corrected chi connectivity index (χ2v) is 3.39. The SMILES string of the molecule is CC(NCCc1cccc(F)c1)C(=O)O. The Bertz CT molecular complexity index is 341. The lowest BCUT2D eigenvalue weighted by atomic mass is 10.1. The zero-order valence-corrected chi connectivity index (χ0v) is 8.53. The lowest BCUT2D eigenvalue weighted by Crippen LogP contribution is -2.34. The van der Waals surface area contributed by atoms with Gasteiger partial charge < -0.3 is 10.4 Å². The summed E-state index contributed by atoms with van der Waals surface area (Å²) in [6, 6.07) is 5.73. The van der Waals surface area contributed by atoms with Crippen molar-refractivity contribution < 1.29 is 14.3 Å². The summed E-state index contributed by atoms with van der Waals surface area (Å²) in [5.74, 6) is -1.15. The van der Waals surface area contributed by atoms with Crippen LogP contribution in [0.5, 0.6) is 0 Å². The molecule has 1 unspecified atom stereocenters. The van der Waals surface area contributed by atoms with Crippen LogP contribution in [0.4, 0.5) is 4.39 Å². The van der Waals surface area contributed by atoms with E-state index in [0.717, 1.165) is 5.56 Å². The van der Waals surface area contributed by atoms with Gasteiger partial charge in [0, 0.05) is 0 Å². The van der Waals surface area contributed by atoms with E-state index in [-0.39, 0.29) is 5.82 Å². The van der Waals surface area contributed by atoms with Crippen molar-refractivity contribution >= 4 is 5.97 Å². The van der Waals surface area contributed by atoms with Crippen LogP contribution < -0.4 is 5.32 Å². The fourth-order valence-corrected chi connectivity index (χ4v) is 1.21. The summed E-state index contributed by atoms with van der Waals surface area (Å²) in [6.07, 6.45) is 0.620. The molecule has 0 radical (unpaired) electrons. The van der Waals surface area contributed by atoms with Crippen LogP contribution in [0, 0.1) is 5.82 Å². The standard InChI is InChI=1S/C11H14FNO2/c1-8(11(14)15)13-6-5-9-3-2-4-10(12)7-9/h2-4,7-8,13H,5-6H2,1H3,(H,14,15). The third-order valence-corrected chi connectivity index (χ3v) is 2.12. The average Bonchev–Trinajstić information content (AvgIpc) is 2.17. The van der Waals surface area contributed by atoms with Crippen LogP contribution in [0.1, 0.15) is 12.5 Å². The first kappa shape index (κ1) is 11.7. The van der Waals surface area contributed by atoms with Crippen molar-refractivity contribution in [2.75, 3.05) is 6.54 Å². The first-order chi connectivity index (χ1) is 7.09. The Labute approximate surface area is 87.9 Å². The van der Waals surface area contributed by atoms with Crippen LogP contribution in [-0.4, -0.2) is 23.7 Å². The van der Waals surface area contributed by atoms with Crippen molar-refractivity contribution in [3.63, 3.8) is 0 Å². The van der Waals surface area contributed by atoms with Crippen LogP contribution >= 0.6 is 0 Å². The molecule has 0 amide bonds. The molecule has 0 spiro atoms. The predicted octanol–water partition coefficient (Wildman–Crippen LogP) is 1.43. The highest BCUT2D eigenvalue weighted by Gasteiger charge is 2.08. The number of carboxylic acid groups (broad SMARTS) is 1. The largest absolute Gasteiger partial charge is 0.480 e. The van der Waals surface area contributed by atoms with E-state index in [0.29, 0.717) is 13.0 Å². The third-order valence-electron chi connectivity index (χ3n) is 2.12. The molecule has 82 valence electrons. The molecule has 1 aromatic rings. The van der Waals surface area contributed by atoms with Crippen LogP contribution in [-0.2, 0) is 11.2 Å². The molecule has 4 heteroatoms. The molecule has 3 nitrogen and oxygen atoms in total. The Morgan fingerprint density at radius 1 is 1.60 bits per heavy atom. The van der Waals surface area contributed by atoms with Gasteiger partial charge in [0.1, 0.15) is 11.9 Å². The van der Waals surface area contributed by atoms with Crippen LogP contribution in [0.3, 0.4) is 0 Å². The van der Waals surface area contributed by atoms with Crippen molar-refractivity contribution in [2.24, 2.45) is 0 Å². The molecule has 0 aliphatic rings. The maximum absolute atomic E-state index is 12.8. The van der Waals surface area contributed by atoms with Gasteiger partial charge in [0.05, 0.1) is 0 Å². The molecule has 2 N–H and O–H groups in total. The van der Waals surface area contributed by atoms with E-state index in [2.05, 4.69) is 5.32 Å². The summed E-state index contributed by atoms with van der Waals surface area (Å²) in [5, 5.41) is 11.4. The highest BCUT2D eigenvalue weighted by Crippen LogP contribution is 2.03. The molecule has 0 aliphatic carbocycles. The van der Waals surface area contributed by atoms with Crippen molar-refractivity contribution in [3.8, 4) is 0 Å². The fourth-order valence-electron chi connectivity index (χ4n) is 1.21. The minimum absolute atomic E-state index is 0.265. The molecule has 0 aromatic heterocycles. The Balaban J connectivity index is 2.35. The topological polar surface area (TPSA) is 49.3 Å². The van der Waals surface area contributed by atoms with Gasteiger partial charge in [0.15, 0.2) is 0 Å². The van der Waals surface area contributed by atoms with E-state index >= 15 is 0 Å². The first-order valence-corrected chi connectivity index (χ1v) is 4.80. The highest BCUT2D eigenvalue weighted by atomic mass is 19.1. The van der Waals surface area contributed by atoms with Crippen molar-refractivity contribution in [2.45, 2.75) is 19.4 Å². The summed E-state index contributed by atoms with van der Waals surface area (Å²) >= 11 is 0. The van der Waals surface area contributed by atoms with E-state index < -0.39 is 12.0 Å². The van der Waals surface area contributed by atoms with E-state index in [1.54, 1.807) is 13.0 Å². The highest BCUT2D eigenvalue weighted by molar-refractivity contribution is 5.72. The molecule has 0 saturated heterocycles. The number of hydrogen-bond acceptors (Lipinski definition) is 2. The number of carbonyl (C=O) groups is 1. The molecule has 15 heavy (non-hydrogen) atoms. The molecule has 0 heterocycles. The van der Waals surface area contributed by atoms with Crippen molar-refractivity contribution in [3.05, 3.63) is 35.6 Å².